The minimum absolute atomic E-state index is 0.139. The number of rotatable bonds is 4. The summed E-state index contributed by atoms with van der Waals surface area (Å²) in [5, 5.41) is 8.99. The molecule has 1 aromatic rings. The van der Waals surface area contributed by atoms with Crippen molar-refractivity contribution in [2.24, 2.45) is 0 Å². The number of nitrogens with zero attached hydrogens (tertiary/aromatic N) is 2. The Bertz CT molecular complexity index is 543. The van der Waals surface area contributed by atoms with Crippen LogP contribution >= 0.6 is 11.8 Å². The van der Waals surface area contributed by atoms with Crippen LogP contribution in [-0.4, -0.2) is 47.7 Å². The van der Waals surface area contributed by atoms with E-state index in [1.54, 1.807) is 43.9 Å². The van der Waals surface area contributed by atoms with Crippen molar-refractivity contribution < 1.29 is 13.5 Å². The Morgan fingerprint density at radius 3 is 2.85 bits per heavy atom. The fourth-order valence-corrected chi connectivity index (χ4v) is 5.13. The third kappa shape index (κ3) is 3.27. The van der Waals surface area contributed by atoms with Gasteiger partial charge in [-0.25, -0.2) is 13.4 Å². The van der Waals surface area contributed by atoms with Crippen LogP contribution in [0.4, 0.5) is 5.82 Å². The van der Waals surface area contributed by atoms with E-state index in [0.29, 0.717) is 18.1 Å². The van der Waals surface area contributed by atoms with Crippen LogP contribution in [0.25, 0.3) is 0 Å². The molecule has 1 fully saturated rings. The van der Waals surface area contributed by atoms with Crippen LogP contribution in [0.3, 0.4) is 0 Å². The van der Waals surface area contributed by atoms with Gasteiger partial charge in [-0.15, -0.1) is 0 Å². The average Bonchev–Trinajstić information content (AvgIpc) is 2.47. The van der Waals surface area contributed by atoms with Crippen molar-refractivity contribution in [2.75, 3.05) is 28.7 Å². The van der Waals surface area contributed by atoms with Gasteiger partial charge in [0.15, 0.2) is 9.84 Å². The first-order valence-electron chi connectivity index (χ1n) is 6.65. The average molecular weight is 316 g/mol. The molecule has 1 aliphatic rings. The largest absolute Gasteiger partial charge is 0.389 e. The first-order chi connectivity index (χ1) is 9.45. The van der Waals surface area contributed by atoms with Crippen LogP contribution in [0.2, 0.25) is 0 Å². The Morgan fingerprint density at radius 1 is 1.55 bits per heavy atom. The molecule has 1 aromatic heterocycles. The second-order valence-electron chi connectivity index (χ2n) is 4.80. The Kier molecular flexibility index (Phi) is 4.93. The summed E-state index contributed by atoms with van der Waals surface area (Å²) in [6.07, 6.45) is 1.04. The van der Waals surface area contributed by atoms with Crippen LogP contribution in [-0.2, 0) is 9.84 Å². The maximum atomic E-state index is 12.2. The molecule has 0 aliphatic carbocycles. The molecule has 2 atom stereocenters. The van der Waals surface area contributed by atoms with Gasteiger partial charge in [-0.1, -0.05) is 13.0 Å². The number of thioether (sulfide) groups is 1. The molecular weight excluding hydrogens is 296 g/mol. The highest BCUT2D eigenvalue weighted by Gasteiger charge is 2.33. The number of hydrogen-bond acceptors (Lipinski definition) is 6. The normalized spacial score (nSPS) is 21.8. The second kappa shape index (κ2) is 6.32. The molecule has 0 saturated carbocycles. The van der Waals surface area contributed by atoms with E-state index in [1.165, 1.54) is 0 Å². The molecule has 1 aliphatic heterocycles. The van der Waals surface area contributed by atoms with Crippen molar-refractivity contribution in [1.82, 2.24) is 4.98 Å². The number of aromatic nitrogens is 1. The Hall–Kier alpha value is -0.790. The summed E-state index contributed by atoms with van der Waals surface area (Å²) in [5.74, 6) is 2.28. The van der Waals surface area contributed by atoms with Crippen LogP contribution in [0.15, 0.2) is 18.3 Å². The number of aliphatic hydroxyl groups is 1. The monoisotopic (exact) mass is 316 g/mol. The van der Waals surface area contributed by atoms with Gasteiger partial charge in [0.1, 0.15) is 11.2 Å². The van der Waals surface area contributed by atoms with E-state index in [-0.39, 0.29) is 5.75 Å². The van der Waals surface area contributed by atoms with Gasteiger partial charge in [0.25, 0.3) is 0 Å². The standard InChI is InChI=1S/C13H20N2O3S2/c1-3-20(17,18)13-9-19-7-6-15(13)12-5-4-11(8-14-12)10(2)16/h4-5,8,10,13,16H,3,6-7,9H2,1-2H3/t10-,13?/m0/s1. The molecule has 2 heterocycles. The molecule has 7 heteroatoms. The third-order valence-electron chi connectivity index (χ3n) is 3.45. The molecular formula is C13H20N2O3S2. The summed E-state index contributed by atoms with van der Waals surface area (Å²) in [4.78, 5) is 6.18. The topological polar surface area (TPSA) is 70.5 Å². The maximum Gasteiger partial charge on any atom is 0.171 e. The fraction of sp³-hybridized carbons (Fsp3) is 0.615. The second-order valence-corrected chi connectivity index (χ2v) is 8.40. The minimum Gasteiger partial charge on any atom is -0.389 e. The number of aliphatic hydroxyl groups excluding tert-OH is 1. The summed E-state index contributed by atoms with van der Waals surface area (Å²) < 4.78 is 24.4. The van der Waals surface area contributed by atoms with E-state index in [0.717, 1.165) is 11.3 Å². The molecule has 0 amide bonds. The summed E-state index contributed by atoms with van der Waals surface area (Å²) in [6.45, 7) is 4.03. The molecule has 112 valence electrons. The molecule has 5 nitrogen and oxygen atoms in total. The number of anilines is 1. The SMILES string of the molecule is CCS(=O)(=O)C1CSCCN1c1ccc([C@H](C)O)cn1. The maximum absolute atomic E-state index is 12.2. The van der Waals surface area contributed by atoms with Crippen LogP contribution in [0.1, 0.15) is 25.5 Å². The highest BCUT2D eigenvalue weighted by molar-refractivity contribution is 8.01. The van der Waals surface area contributed by atoms with Crippen molar-refractivity contribution >= 4 is 27.4 Å². The number of hydrogen-bond donors (Lipinski definition) is 1. The molecule has 1 unspecified atom stereocenters. The zero-order valence-electron chi connectivity index (χ0n) is 11.7. The molecule has 1 saturated heterocycles. The fourth-order valence-electron chi connectivity index (χ4n) is 2.15. The van der Waals surface area contributed by atoms with Crippen LogP contribution < -0.4 is 4.90 Å². The Morgan fingerprint density at radius 2 is 2.30 bits per heavy atom. The molecule has 20 heavy (non-hydrogen) atoms. The highest BCUT2D eigenvalue weighted by atomic mass is 32.2. The van der Waals surface area contributed by atoms with Gasteiger partial charge in [0, 0.05) is 30.0 Å². The Labute approximate surface area is 124 Å². The van der Waals surface area contributed by atoms with Crippen molar-refractivity contribution in [3.63, 3.8) is 0 Å². The molecule has 1 N–H and O–H groups in total. The lowest BCUT2D eigenvalue weighted by Gasteiger charge is -2.35. The zero-order chi connectivity index (χ0) is 14.8. The number of pyridine rings is 1. The lowest BCUT2D eigenvalue weighted by Crippen LogP contribution is -2.48. The van der Waals surface area contributed by atoms with E-state index < -0.39 is 21.3 Å². The third-order valence-corrected chi connectivity index (χ3v) is 6.74. The zero-order valence-corrected chi connectivity index (χ0v) is 13.3. The molecule has 0 aromatic carbocycles. The van der Waals surface area contributed by atoms with Gasteiger partial charge in [-0.05, 0) is 18.6 Å². The lowest BCUT2D eigenvalue weighted by atomic mass is 10.2. The van der Waals surface area contributed by atoms with E-state index >= 15 is 0 Å². The predicted octanol–water partition coefficient (Wildman–Crippen LogP) is 1.45. The first kappa shape index (κ1) is 15.6. The van der Waals surface area contributed by atoms with Gasteiger partial charge < -0.3 is 10.0 Å². The van der Waals surface area contributed by atoms with Gasteiger partial charge in [0.2, 0.25) is 0 Å². The van der Waals surface area contributed by atoms with Gasteiger partial charge in [0.05, 0.1) is 6.10 Å². The summed E-state index contributed by atoms with van der Waals surface area (Å²) in [6, 6.07) is 3.58. The molecule has 2 rings (SSSR count). The van der Waals surface area contributed by atoms with Crippen molar-refractivity contribution in [2.45, 2.75) is 25.3 Å². The van der Waals surface area contributed by atoms with Crippen molar-refractivity contribution in [3.8, 4) is 0 Å². The summed E-state index contributed by atoms with van der Waals surface area (Å²) in [5.41, 5.74) is 0.732. The van der Waals surface area contributed by atoms with Gasteiger partial charge >= 0.3 is 0 Å². The first-order valence-corrected chi connectivity index (χ1v) is 9.52. The quantitative estimate of drug-likeness (QED) is 0.906. The van der Waals surface area contributed by atoms with E-state index in [2.05, 4.69) is 4.98 Å². The molecule has 0 spiro atoms. The Balaban J connectivity index is 2.28. The van der Waals surface area contributed by atoms with Gasteiger partial charge in [-0.2, -0.15) is 11.8 Å². The van der Waals surface area contributed by atoms with Gasteiger partial charge in [-0.3, -0.25) is 0 Å². The van der Waals surface area contributed by atoms with E-state index in [1.807, 2.05) is 4.90 Å². The summed E-state index contributed by atoms with van der Waals surface area (Å²) in [7, 11) is -3.13. The molecule has 0 radical (unpaired) electrons. The van der Waals surface area contributed by atoms with E-state index in [9.17, 15) is 13.5 Å². The minimum atomic E-state index is -3.13. The summed E-state index contributed by atoms with van der Waals surface area (Å²) >= 11 is 1.66. The van der Waals surface area contributed by atoms with Crippen LogP contribution in [0.5, 0.6) is 0 Å². The molecule has 0 bridgehead atoms. The predicted molar refractivity (Wildman–Crippen MR) is 82.8 cm³/mol. The number of sulfone groups is 1. The van der Waals surface area contributed by atoms with E-state index in [4.69, 9.17) is 0 Å². The smallest absolute Gasteiger partial charge is 0.171 e. The van der Waals surface area contributed by atoms with Crippen molar-refractivity contribution in [1.29, 1.82) is 0 Å². The van der Waals surface area contributed by atoms with Crippen LogP contribution in [0, 0.1) is 0 Å². The highest BCUT2D eigenvalue weighted by Crippen LogP contribution is 2.26. The van der Waals surface area contributed by atoms with Crippen molar-refractivity contribution in [3.05, 3.63) is 23.9 Å². The lowest BCUT2D eigenvalue weighted by molar-refractivity contribution is 0.199.